The number of nitrogens with zero attached hydrogens (tertiary/aromatic N) is 2. The Bertz CT molecular complexity index is 318. The third kappa shape index (κ3) is 4.27. The fraction of sp³-hybridized carbons (Fsp3) is 0.545. The van der Waals surface area contributed by atoms with E-state index in [1.165, 1.54) is 5.56 Å². The lowest BCUT2D eigenvalue weighted by atomic mass is 10.2. The Morgan fingerprint density at radius 1 is 1.60 bits per heavy atom. The van der Waals surface area contributed by atoms with Crippen LogP contribution < -0.4 is 5.32 Å². The molecule has 0 aliphatic rings. The fourth-order valence-corrected chi connectivity index (χ4v) is 1.33. The lowest BCUT2D eigenvalue weighted by molar-refractivity contribution is 0.200. The highest BCUT2D eigenvalue weighted by Gasteiger charge is 1.97. The quantitative estimate of drug-likeness (QED) is 0.710. The topological polar surface area (TPSA) is 39.1 Å². The molecule has 0 aliphatic carbocycles. The van der Waals surface area contributed by atoms with E-state index in [1.807, 2.05) is 24.9 Å². The van der Waals surface area contributed by atoms with Crippen LogP contribution in [-0.4, -0.2) is 36.6 Å². The molecule has 0 saturated carbocycles. The van der Waals surface area contributed by atoms with E-state index in [1.54, 1.807) is 7.11 Å². The van der Waals surface area contributed by atoms with Crippen LogP contribution in [0.5, 0.6) is 0 Å². The monoisotopic (exact) mass is 209 g/mol. The van der Waals surface area contributed by atoms with Gasteiger partial charge in [0.1, 0.15) is 0 Å². The molecule has 0 aromatic carbocycles. The van der Waals surface area contributed by atoms with Gasteiger partial charge in [0.05, 0.1) is 12.3 Å². The van der Waals surface area contributed by atoms with Crippen molar-refractivity contribution in [1.82, 2.24) is 15.1 Å². The molecule has 0 aliphatic heterocycles. The van der Waals surface area contributed by atoms with Crippen molar-refractivity contribution in [3.8, 4) is 0 Å². The molecule has 0 saturated heterocycles. The Balaban J connectivity index is 2.28. The molecule has 1 aromatic heterocycles. The molecular formula is C11H19N3O. The summed E-state index contributed by atoms with van der Waals surface area (Å²) in [7, 11) is 3.64. The zero-order valence-electron chi connectivity index (χ0n) is 9.66. The van der Waals surface area contributed by atoms with Crippen LogP contribution in [0.25, 0.3) is 6.08 Å². The van der Waals surface area contributed by atoms with E-state index < -0.39 is 0 Å². The Morgan fingerprint density at radius 2 is 2.40 bits per heavy atom. The third-order valence-electron chi connectivity index (χ3n) is 2.09. The van der Waals surface area contributed by atoms with Gasteiger partial charge in [-0.25, -0.2) is 0 Å². The van der Waals surface area contributed by atoms with Gasteiger partial charge >= 0.3 is 0 Å². The van der Waals surface area contributed by atoms with Crippen molar-refractivity contribution in [2.24, 2.45) is 7.05 Å². The van der Waals surface area contributed by atoms with Gasteiger partial charge in [-0.1, -0.05) is 12.2 Å². The molecule has 0 bridgehead atoms. The number of aromatic nitrogens is 2. The first-order chi connectivity index (χ1) is 7.24. The highest BCUT2D eigenvalue weighted by atomic mass is 16.5. The molecule has 0 unspecified atom stereocenters. The van der Waals surface area contributed by atoms with Crippen molar-refractivity contribution in [2.75, 3.05) is 26.8 Å². The van der Waals surface area contributed by atoms with Crippen LogP contribution in [0.15, 0.2) is 12.3 Å². The zero-order valence-corrected chi connectivity index (χ0v) is 9.66. The van der Waals surface area contributed by atoms with Gasteiger partial charge in [-0.2, -0.15) is 5.10 Å². The summed E-state index contributed by atoms with van der Waals surface area (Å²) in [6.45, 7) is 4.50. The van der Waals surface area contributed by atoms with Crippen molar-refractivity contribution in [3.63, 3.8) is 0 Å². The summed E-state index contributed by atoms with van der Waals surface area (Å²) in [6, 6.07) is 0. The van der Waals surface area contributed by atoms with Gasteiger partial charge in [-0.05, 0) is 6.92 Å². The average Bonchev–Trinajstić information content (AvgIpc) is 2.51. The molecule has 0 fully saturated rings. The maximum absolute atomic E-state index is 4.93. The smallest absolute Gasteiger partial charge is 0.0665 e. The van der Waals surface area contributed by atoms with Crippen LogP contribution in [-0.2, 0) is 11.8 Å². The Labute approximate surface area is 90.9 Å². The Hall–Kier alpha value is -1.13. The maximum Gasteiger partial charge on any atom is 0.0665 e. The minimum absolute atomic E-state index is 0.750. The number of nitrogens with one attached hydrogen (secondary N) is 1. The summed E-state index contributed by atoms with van der Waals surface area (Å²) < 4.78 is 6.76. The van der Waals surface area contributed by atoms with Gasteiger partial charge in [-0.3, -0.25) is 4.68 Å². The first kappa shape index (κ1) is 11.9. The first-order valence-corrected chi connectivity index (χ1v) is 5.10. The number of rotatable bonds is 6. The summed E-state index contributed by atoms with van der Waals surface area (Å²) in [5.41, 5.74) is 2.23. The van der Waals surface area contributed by atoms with Gasteiger partial charge in [-0.15, -0.1) is 0 Å². The van der Waals surface area contributed by atoms with Crippen molar-refractivity contribution >= 4 is 6.08 Å². The van der Waals surface area contributed by atoms with Crippen molar-refractivity contribution < 1.29 is 4.74 Å². The van der Waals surface area contributed by atoms with E-state index in [0.717, 1.165) is 25.4 Å². The lowest BCUT2D eigenvalue weighted by Gasteiger charge is -1.98. The summed E-state index contributed by atoms with van der Waals surface area (Å²) in [5, 5.41) is 7.51. The molecule has 1 heterocycles. The van der Waals surface area contributed by atoms with E-state index in [9.17, 15) is 0 Å². The fourth-order valence-electron chi connectivity index (χ4n) is 1.33. The zero-order chi connectivity index (χ0) is 11.1. The van der Waals surface area contributed by atoms with Gasteiger partial charge in [0.25, 0.3) is 0 Å². The van der Waals surface area contributed by atoms with Gasteiger partial charge in [0.15, 0.2) is 0 Å². The largest absolute Gasteiger partial charge is 0.383 e. The number of methoxy groups -OCH3 is 1. The highest BCUT2D eigenvalue weighted by molar-refractivity contribution is 5.50. The molecule has 0 radical (unpaired) electrons. The van der Waals surface area contributed by atoms with Crippen LogP contribution in [0.1, 0.15) is 11.3 Å². The predicted octanol–water partition coefficient (Wildman–Crippen LogP) is 0.978. The average molecular weight is 209 g/mol. The van der Waals surface area contributed by atoms with Gasteiger partial charge in [0.2, 0.25) is 0 Å². The van der Waals surface area contributed by atoms with Gasteiger partial charge in [0, 0.05) is 39.0 Å². The summed E-state index contributed by atoms with van der Waals surface area (Å²) in [5.74, 6) is 0. The molecule has 4 heteroatoms. The molecule has 0 atom stereocenters. The number of aryl methyl sites for hydroxylation is 2. The summed E-state index contributed by atoms with van der Waals surface area (Å²) >= 11 is 0. The lowest BCUT2D eigenvalue weighted by Crippen LogP contribution is -2.18. The predicted molar refractivity (Wildman–Crippen MR) is 61.7 cm³/mol. The number of hydrogen-bond donors (Lipinski definition) is 1. The molecular weight excluding hydrogens is 190 g/mol. The van der Waals surface area contributed by atoms with E-state index in [2.05, 4.69) is 22.6 Å². The minimum Gasteiger partial charge on any atom is -0.383 e. The minimum atomic E-state index is 0.750. The van der Waals surface area contributed by atoms with E-state index in [-0.39, 0.29) is 0 Å². The van der Waals surface area contributed by atoms with Crippen LogP contribution in [0, 0.1) is 6.92 Å². The van der Waals surface area contributed by atoms with Gasteiger partial charge < -0.3 is 10.1 Å². The summed E-state index contributed by atoms with van der Waals surface area (Å²) in [4.78, 5) is 0. The van der Waals surface area contributed by atoms with Crippen molar-refractivity contribution in [2.45, 2.75) is 6.92 Å². The van der Waals surface area contributed by atoms with Crippen LogP contribution in [0.3, 0.4) is 0 Å². The van der Waals surface area contributed by atoms with Crippen molar-refractivity contribution in [3.05, 3.63) is 23.5 Å². The van der Waals surface area contributed by atoms with Crippen LogP contribution >= 0.6 is 0 Å². The number of ether oxygens (including phenoxy) is 1. The highest BCUT2D eigenvalue weighted by Crippen LogP contribution is 2.05. The van der Waals surface area contributed by atoms with E-state index in [0.29, 0.717) is 0 Å². The standard InChI is InChI=1S/C11H19N3O/c1-10-11(9-14(2)13-10)5-4-6-12-7-8-15-3/h4-5,9,12H,6-8H2,1-3H3/b5-4+. The van der Waals surface area contributed by atoms with Crippen LogP contribution in [0.2, 0.25) is 0 Å². The molecule has 1 rings (SSSR count). The van der Waals surface area contributed by atoms with Crippen molar-refractivity contribution in [1.29, 1.82) is 0 Å². The second-order valence-corrected chi connectivity index (χ2v) is 3.44. The number of hydrogen-bond acceptors (Lipinski definition) is 3. The molecule has 84 valence electrons. The van der Waals surface area contributed by atoms with E-state index >= 15 is 0 Å². The Morgan fingerprint density at radius 3 is 3.00 bits per heavy atom. The maximum atomic E-state index is 4.93. The molecule has 1 N–H and O–H groups in total. The first-order valence-electron chi connectivity index (χ1n) is 5.10. The van der Waals surface area contributed by atoms with E-state index in [4.69, 9.17) is 4.74 Å². The van der Waals surface area contributed by atoms with Crippen LogP contribution in [0.4, 0.5) is 0 Å². The second-order valence-electron chi connectivity index (χ2n) is 3.44. The summed E-state index contributed by atoms with van der Waals surface area (Å²) in [6.07, 6.45) is 6.20. The molecule has 15 heavy (non-hydrogen) atoms. The molecule has 1 aromatic rings. The molecule has 0 spiro atoms. The SMILES string of the molecule is COCCNC/C=C/c1cn(C)nc1C. The molecule has 4 nitrogen and oxygen atoms in total. The second kappa shape index (κ2) is 6.37. The Kier molecular flexibility index (Phi) is 5.07. The normalized spacial score (nSPS) is 11.4. The third-order valence-corrected chi connectivity index (χ3v) is 2.09. The molecule has 0 amide bonds.